The van der Waals surface area contributed by atoms with E-state index >= 15 is 0 Å². The van der Waals surface area contributed by atoms with Crippen molar-refractivity contribution < 1.29 is 9.18 Å². The summed E-state index contributed by atoms with van der Waals surface area (Å²) in [5.41, 5.74) is 3.68. The normalized spacial score (nSPS) is 12.4. The molecule has 0 saturated heterocycles. The SMILES string of the molecule is CCCn1nc(C)c(CNC(=O)C(c2cccc(F)c2)N(C)C)c1C. The van der Waals surface area contributed by atoms with Crippen molar-refractivity contribution in [1.82, 2.24) is 20.0 Å². The third-order valence-corrected chi connectivity index (χ3v) is 4.34. The highest BCUT2D eigenvalue weighted by molar-refractivity contribution is 5.83. The molecule has 1 amide bonds. The van der Waals surface area contributed by atoms with Gasteiger partial charge < -0.3 is 5.32 Å². The number of rotatable bonds is 7. The first-order valence-electron chi connectivity index (χ1n) is 8.57. The molecule has 136 valence electrons. The third kappa shape index (κ3) is 4.45. The molecule has 2 aromatic rings. The zero-order chi connectivity index (χ0) is 18.6. The van der Waals surface area contributed by atoms with Gasteiger partial charge in [-0.05, 0) is 52.1 Å². The van der Waals surface area contributed by atoms with Crippen molar-refractivity contribution in [3.63, 3.8) is 0 Å². The van der Waals surface area contributed by atoms with E-state index in [4.69, 9.17) is 0 Å². The van der Waals surface area contributed by atoms with E-state index in [9.17, 15) is 9.18 Å². The Kier molecular flexibility index (Phi) is 6.31. The lowest BCUT2D eigenvalue weighted by atomic mass is 10.0. The monoisotopic (exact) mass is 346 g/mol. The molecule has 0 aliphatic heterocycles. The van der Waals surface area contributed by atoms with Crippen LogP contribution in [0, 0.1) is 19.7 Å². The third-order valence-electron chi connectivity index (χ3n) is 4.34. The van der Waals surface area contributed by atoms with E-state index in [-0.39, 0.29) is 11.7 Å². The van der Waals surface area contributed by atoms with Gasteiger partial charge in [-0.2, -0.15) is 5.10 Å². The highest BCUT2D eigenvalue weighted by Gasteiger charge is 2.23. The number of hydrogen-bond acceptors (Lipinski definition) is 3. The lowest BCUT2D eigenvalue weighted by Crippen LogP contribution is -2.37. The summed E-state index contributed by atoms with van der Waals surface area (Å²) in [5, 5.41) is 7.51. The van der Waals surface area contributed by atoms with Gasteiger partial charge >= 0.3 is 0 Å². The average Bonchev–Trinajstić information content (AvgIpc) is 2.80. The van der Waals surface area contributed by atoms with Crippen molar-refractivity contribution in [1.29, 1.82) is 0 Å². The minimum Gasteiger partial charge on any atom is -0.350 e. The molecule has 25 heavy (non-hydrogen) atoms. The Labute approximate surface area is 148 Å². The van der Waals surface area contributed by atoms with Gasteiger partial charge in [0.2, 0.25) is 5.91 Å². The number of nitrogens with one attached hydrogen (secondary N) is 1. The number of aromatic nitrogens is 2. The molecule has 0 aliphatic carbocycles. The predicted molar refractivity (Wildman–Crippen MR) is 96.7 cm³/mol. The Morgan fingerprint density at radius 2 is 2.08 bits per heavy atom. The molecule has 0 spiro atoms. The summed E-state index contributed by atoms with van der Waals surface area (Å²) in [6, 6.07) is 5.63. The Morgan fingerprint density at radius 3 is 2.68 bits per heavy atom. The van der Waals surface area contributed by atoms with Crippen LogP contribution in [0.1, 0.15) is 41.9 Å². The van der Waals surface area contributed by atoms with Crippen LogP contribution in [-0.4, -0.2) is 34.7 Å². The zero-order valence-corrected chi connectivity index (χ0v) is 15.6. The van der Waals surface area contributed by atoms with E-state index in [1.807, 2.05) is 32.6 Å². The number of hydrogen-bond donors (Lipinski definition) is 1. The fourth-order valence-corrected chi connectivity index (χ4v) is 3.05. The van der Waals surface area contributed by atoms with Crippen LogP contribution < -0.4 is 5.32 Å². The smallest absolute Gasteiger partial charge is 0.242 e. The average molecular weight is 346 g/mol. The Bertz CT molecular complexity index is 739. The maximum Gasteiger partial charge on any atom is 0.242 e. The van der Waals surface area contributed by atoms with Gasteiger partial charge in [0.25, 0.3) is 0 Å². The number of carbonyl (C=O) groups is 1. The first-order chi connectivity index (χ1) is 11.8. The molecule has 6 heteroatoms. The molecule has 2 rings (SSSR count). The molecular weight excluding hydrogens is 319 g/mol. The summed E-state index contributed by atoms with van der Waals surface area (Å²) in [6.07, 6.45) is 1.01. The van der Waals surface area contributed by atoms with E-state index in [2.05, 4.69) is 17.3 Å². The molecule has 1 aromatic heterocycles. The predicted octanol–water partition coefficient (Wildman–Crippen LogP) is 2.97. The fraction of sp³-hybridized carbons (Fsp3) is 0.474. The van der Waals surface area contributed by atoms with Crippen LogP contribution in [0.15, 0.2) is 24.3 Å². The Morgan fingerprint density at radius 1 is 1.36 bits per heavy atom. The van der Waals surface area contributed by atoms with Crippen LogP contribution in [-0.2, 0) is 17.9 Å². The second-order valence-corrected chi connectivity index (χ2v) is 6.51. The molecule has 1 N–H and O–H groups in total. The van der Waals surface area contributed by atoms with E-state index in [1.165, 1.54) is 12.1 Å². The number of carbonyl (C=O) groups excluding carboxylic acids is 1. The van der Waals surface area contributed by atoms with Gasteiger partial charge in [0, 0.05) is 24.3 Å². The van der Waals surface area contributed by atoms with E-state index < -0.39 is 6.04 Å². The van der Waals surface area contributed by atoms with E-state index in [1.54, 1.807) is 17.0 Å². The molecule has 1 unspecified atom stereocenters. The number of amides is 1. The van der Waals surface area contributed by atoms with Gasteiger partial charge in [0.1, 0.15) is 11.9 Å². The molecule has 1 atom stereocenters. The van der Waals surface area contributed by atoms with E-state index in [0.29, 0.717) is 12.1 Å². The van der Waals surface area contributed by atoms with Crippen LogP contribution in [0.25, 0.3) is 0 Å². The number of benzene rings is 1. The van der Waals surface area contributed by atoms with Crippen LogP contribution in [0.3, 0.4) is 0 Å². The largest absolute Gasteiger partial charge is 0.350 e. The van der Waals surface area contributed by atoms with Crippen molar-refractivity contribution in [3.8, 4) is 0 Å². The van der Waals surface area contributed by atoms with Crippen LogP contribution in [0.2, 0.25) is 0 Å². The molecule has 0 aliphatic rings. The molecule has 1 heterocycles. The standard InChI is InChI=1S/C19H27FN4O/c1-6-10-24-14(3)17(13(2)22-24)12-21-19(25)18(23(4)5)15-8-7-9-16(20)11-15/h7-9,11,18H,6,10,12H2,1-5H3,(H,21,25). The van der Waals surface area contributed by atoms with Crippen LogP contribution in [0.5, 0.6) is 0 Å². The van der Waals surface area contributed by atoms with Crippen molar-refractivity contribution in [2.75, 3.05) is 14.1 Å². The second kappa shape index (κ2) is 8.25. The minimum absolute atomic E-state index is 0.155. The highest BCUT2D eigenvalue weighted by Crippen LogP contribution is 2.20. The lowest BCUT2D eigenvalue weighted by molar-refractivity contribution is -0.125. The first kappa shape index (κ1) is 19.1. The quantitative estimate of drug-likeness (QED) is 0.838. The van der Waals surface area contributed by atoms with Crippen molar-refractivity contribution in [2.45, 2.75) is 46.3 Å². The molecule has 1 aromatic carbocycles. The number of aryl methyl sites for hydroxylation is 2. The minimum atomic E-state index is -0.540. The van der Waals surface area contributed by atoms with Crippen molar-refractivity contribution >= 4 is 5.91 Å². The summed E-state index contributed by atoms with van der Waals surface area (Å²) < 4.78 is 15.5. The van der Waals surface area contributed by atoms with Gasteiger partial charge in [-0.3, -0.25) is 14.4 Å². The highest BCUT2D eigenvalue weighted by atomic mass is 19.1. The van der Waals surface area contributed by atoms with Gasteiger partial charge in [-0.25, -0.2) is 4.39 Å². The van der Waals surface area contributed by atoms with Gasteiger partial charge in [0.15, 0.2) is 0 Å². The van der Waals surface area contributed by atoms with Crippen molar-refractivity contribution in [2.24, 2.45) is 0 Å². The molecule has 0 saturated carbocycles. The lowest BCUT2D eigenvalue weighted by Gasteiger charge is -2.24. The molecule has 0 bridgehead atoms. The van der Waals surface area contributed by atoms with Crippen molar-refractivity contribution in [3.05, 3.63) is 52.6 Å². The topological polar surface area (TPSA) is 50.2 Å². The first-order valence-corrected chi connectivity index (χ1v) is 8.57. The number of halogens is 1. The maximum absolute atomic E-state index is 13.5. The number of likely N-dealkylation sites (N-methyl/N-ethyl adjacent to an activating group) is 1. The maximum atomic E-state index is 13.5. The van der Waals surface area contributed by atoms with Gasteiger partial charge in [-0.15, -0.1) is 0 Å². The zero-order valence-electron chi connectivity index (χ0n) is 15.6. The summed E-state index contributed by atoms with van der Waals surface area (Å²) >= 11 is 0. The van der Waals surface area contributed by atoms with Gasteiger partial charge in [0.05, 0.1) is 5.69 Å². The summed E-state index contributed by atoms with van der Waals surface area (Å²) in [5.74, 6) is -0.498. The fourth-order valence-electron chi connectivity index (χ4n) is 3.05. The van der Waals surface area contributed by atoms with Crippen LogP contribution in [0.4, 0.5) is 4.39 Å². The Hall–Kier alpha value is -2.21. The molecule has 5 nitrogen and oxygen atoms in total. The molecule has 0 fully saturated rings. The second-order valence-electron chi connectivity index (χ2n) is 6.51. The summed E-state index contributed by atoms with van der Waals surface area (Å²) in [4.78, 5) is 14.5. The Balaban J connectivity index is 2.15. The summed E-state index contributed by atoms with van der Waals surface area (Å²) in [6.45, 7) is 7.37. The molecule has 0 radical (unpaired) electrons. The van der Waals surface area contributed by atoms with Crippen LogP contribution >= 0.6 is 0 Å². The van der Waals surface area contributed by atoms with E-state index in [0.717, 1.165) is 29.9 Å². The summed E-state index contributed by atoms with van der Waals surface area (Å²) in [7, 11) is 3.62. The number of nitrogens with zero attached hydrogens (tertiary/aromatic N) is 3. The van der Waals surface area contributed by atoms with Gasteiger partial charge in [-0.1, -0.05) is 19.1 Å². The molecular formula is C19H27FN4O.